The minimum Gasteiger partial charge on any atom is -0.491 e. The van der Waals surface area contributed by atoms with Gasteiger partial charge in [0.25, 0.3) is 5.91 Å². The van der Waals surface area contributed by atoms with Crippen LogP contribution in [0.1, 0.15) is 81.3 Å². The number of carbonyl (C=O) groups is 1. The third-order valence-electron chi connectivity index (χ3n) is 8.42. The molecule has 0 saturated heterocycles. The van der Waals surface area contributed by atoms with Crippen LogP contribution < -0.4 is 14.4 Å². The summed E-state index contributed by atoms with van der Waals surface area (Å²) < 4.78 is 21.0. The summed E-state index contributed by atoms with van der Waals surface area (Å²) in [5.41, 5.74) is 2.91. The monoisotopic (exact) mass is 600 g/mol. The maximum absolute atomic E-state index is 12.9. The van der Waals surface area contributed by atoms with Crippen molar-refractivity contribution in [3.8, 4) is 5.75 Å². The molecule has 0 aromatic heterocycles. The van der Waals surface area contributed by atoms with Gasteiger partial charge in [-0.3, -0.25) is 9.52 Å². The van der Waals surface area contributed by atoms with Crippen LogP contribution in [0.3, 0.4) is 0 Å². The number of allylic oxidation sites excluding steroid dienone is 1. The number of carbonyl (C=O) groups excluding carboxylic acids is 1. The van der Waals surface area contributed by atoms with Crippen LogP contribution in [0.2, 0.25) is 5.02 Å². The fourth-order valence-corrected chi connectivity index (χ4v) is 6.70. The first kappa shape index (κ1) is 31.6. The zero-order valence-electron chi connectivity index (χ0n) is 25.0. The van der Waals surface area contributed by atoms with Gasteiger partial charge in [0.15, 0.2) is 0 Å². The molecule has 224 valence electrons. The molecule has 1 amide bonds. The van der Waals surface area contributed by atoms with E-state index >= 15 is 0 Å². The molecule has 0 radical (unpaired) electrons. The second kappa shape index (κ2) is 13.7. The highest BCUT2D eigenvalue weighted by molar-refractivity contribution is 7.83. The van der Waals surface area contributed by atoms with Crippen molar-refractivity contribution in [2.24, 2.45) is 17.8 Å². The van der Waals surface area contributed by atoms with Crippen LogP contribution in [0.15, 0.2) is 48.6 Å². The summed E-state index contributed by atoms with van der Waals surface area (Å²) in [6, 6.07) is 11.6. The van der Waals surface area contributed by atoms with E-state index in [-0.39, 0.29) is 17.7 Å². The number of hydrogen-bond acceptors (Lipinski definition) is 5. The van der Waals surface area contributed by atoms with Gasteiger partial charge in [0.1, 0.15) is 16.7 Å². The number of benzene rings is 2. The third-order valence-corrected chi connectivity index (χ3v) is 9.59. The number of halogens is 1. The van der Waals surface area contributed by atoms with Crippen molar-refractivity contribution in [1.82, 2.24) is 4.72 Å². The summed E-state index contributed by atoms with van der Waals surface area (Å²) in [5, 5.41) is 12.1. The van der Waals surface area contributed by atoms with E-state index in [0.29, 0.717) is 36.3 Å². The number of aryl methyl sites for hydroxylation is 1. The standard InChI is InChI=1S/C33H45ClN2O4S/c1-6-8-23-17-27(34)11-12-28(23)26-20-36(19-25-9-13-29(25)33(5,38)16-15-22(3)4)30-18-24(10-14-31(30)40-21-26)32(37)35-41(39)7-2/h10-12,14-18,22,25-26,29,38H,6-9,13,19-21H2,1-5H3,(H,35,37)/b16-15+/t25?,26?,29?,33-,41?/m0/s1. The molecule has 2 aromatic rings. The maximum atomic E-state index is 12.9. The Balaban J connectivity index is 1.68. The molecule has 4 rings (SSSR count). The predicted octanol–water partition coefficient (Wildman–Crippen LogP) is 6.68. The fraction of sp³-hybridized carbons (Fsp3) is 0.545. The van der Waals surface area contributed by atoms with Crippen LogP contribution in [0.5, 0.6) is 5.75 Å². The average molecular weight is 601 g/mol. The van der Waals surface area contributed by atoms with Crippen molar-refractivity contribution >= 4 is 34.2 Å². The lowest BCUT2D eigenvalue weighted by Gasteiger charge is -2.47. The molecule has 41 heavy (non-hydrogen) atoms. The Bertz CT molecular complexity index is 1280. The van der Waals surface area contributed by atoms with E-state index in [9.17, 15) is 14.1 Å². The molecule has 6 nitrogen and oxygen atoms in total. The van der Waals surface area contributed by atoms with E-state index in [1.165, 1.54) is 11.1 Å². The minimum absolute atomic E-state index is 0.103. The summed E-state index contributed by atoms with van der Waals surface area (Å²) in [6.45, 7) is 12.1. The Labute approximate surface area is 253 Å². The number of ether oxygens (including phenoxy) is 1. The molecule has 0 bridgehead atoms. The molecular formula is C33H45ClN2O4S. The van der Waals surface area contributed by atoms with Gasteiger partial charge in [-0.2, -0.15) is 0 Å². The highest BCUT2D eigenvalue weighted by Gasteiger charge is 2.43. The molecule has 5 atom stereocenters. The van der Waals surface area contributed by atoms with E-state index in [4.69, 9.17) is 16.3 Å². The molecule has 1 saturated carbocycles. The summed E-state index contributed by atoms with van der Waals surface area (Å²) in [7, 11) is -1.42. The Kier molecular flexibility index (Phi) is 10.6. The van der Waals surface area contributed by atoms with Crippen molar-refractivity contribution in [3.63, 3.8) is 0 Å². The van der Waals surface area contributed by atoms with Gasteiger partial charge >= 0.3 is 0 Å². The number of amides is 1. The molecular weight excluding hydrogens is 556 g/mol. The second-order valence-corrected chi connectivity index (χ2v) is 13.9. The van der Waals surface area contributed by atoms with Crippen LogP contribution in [0, 0.1) is 17.8 Å². The molecule has 2 N–H and O–H groups in total. The average Bonchev–Trinajstić information content (AvgIpc) is 3.09. The van der Waals surface area contributed by atoms with E-state index < -0.39 is 16.6 Å². The van der Waals surface area contributed by atoms with Crippen molar-refractivity contribution in [2.75, 3.05) is 30.3 Å². The number of fused-ring (bicyclic) bond motifs is 1. The summed E-state index contributed by atoms with van der Waals surface area (Å²) in [4.78, 5) is 15.2. The topological polar surface area (TPSA) is 78.9 Å². The van der Waals surface area contributed by atoms with E-state index in [1.54, 1.807) is 13.0 Å². The molecule has 1 heterocycles. The zero-order chi connectivity index (χ0) is 29.7. The highest BCUT2D eigenvalue weighted by Crippen LogP contribution is 2.45. The number of rotatable bonds is 11. The van der Waals surface area contributed by atoms with E-state index in [0.717, 1.165) is 48.7 Å². The van der Waals surface area contributed by atoms with Crippen molar-refractivity contribution < 1.29 is 18.8 Å². The third kappa shape index (κ3) is 7.74. The molecule has 1 aliphatic carbocycles. The van der Waals surface area contributed by atoms with Gasteiger partial charge in [0.2, 0.25) is 0 Å². The molecule has 0 spiro atoms. The lowest BCUT2D eigenvalue weighted by molar-refractivity contribution is -0.0313. The molecule has 8 heteroatoms. The number of anilines is 1. The highest BCUT2D eigenvalue weighted by atomic mass is 35.5. The summed E-state index contributed by atoms with van der Waals surface area (Å²) in [6.07, 6.45) is 8.02. The number of hydrogen-bond donors (Lipinski definition) is 2. The molecule has 1 fully saturated rings. The number of aliphatic hydroxyl groups is 1. The molecule has 1 aliphatic heterocycles. The van der Waals surface area contributed by atoms with E-state index in [1.807, 2.05) is 31.2 Å². The van der Waals surface area contributed by atoms with Crippen LogP contribution in [0.4, 0.5) is 5.69 Å². The smallest absolute Gasteiger partial charge is 0.263 e. The fourth-order valence-electron chi connectivity index (χ4n) is 6.04. The normalized spacial score (nSPS) is 22.8. The van der Waals surface area contributed by atoms with Gasteiger partial charge in [0.05, 0.1) is 17.9 Å². The first-order valence-electron chi connectivity index (χ1n) is 14.9. The largest absolute Gasteiger partial charge is 0.491 e. The van der Waals surface area contributed by atoms with Crippen LogP contribution in [-0.4, -0.2) is 46.3 Å². The van der Waals surface area contributed by atoms with Crippen LogP contribution >= 0.6 is 11.6 Å². The van der Waals surface area contributed by atoms with Crippen molar-refractivity contribution in [2.45, 2.75) is 71.8 Å². The Morgan fingerprint density at radius 1 is 1.24 bits per heavy atom. The first-order valence-corrected chi connectivity index (χ1v) is 16.6. The number of nitrogens with zero attached hydrogens (tertiary/aromatic N) is 1. The Morgan fingerprint density at radius 2 is 2.02 bits per heavy atom. The van der Waals surface area contributed by atoms with Gasteiger partial charge in [0, 0.05) is 35.3 Å². The second-order valence-electron chi connectivity index (χ2n) is 12.0. The summed E-state index contributed by atoms with van der Waals surface area (Å²) >= 11 is 6.39. The predicted molar refractivity (Wildman–Crippen MR) is 169 cm³/mol. The van der Waals surface area contributed by atoms with Crippen LogP contribution in [0.25, 0.3) is 0 Å². The minimum atomic E-state index is -1.42. The van der Waals surface area contributed by atoms with Crippen LogP contribution in [-0.2, 0) is 17.4 Å². The lowest BCUT2D eigenvalue weighted by Crippen LogP contribution is -2.48. The van der Waals surface area contributed by atoms with Gasteiger partial charge in [-0.25, -0.2) is 4.21 Å². The SMILES string of the molecule is CCCc1cc(Cl)ccc1C1COc2ccc(C(=O)NS(=O)CC)cc2N(CC2CCC2[C@@](C)(O)/C=C/C(C)C)C1. The summed E-state index contributed by atoms with van der Waals surface area (Å²) in [5.74, 6) is 1.63. The van der Waals surface area contributed by atoms with E-state index in [2.05, 4.69) is 48.6 Å². The quantitative estimate of drug-likeness (QED) is 0.281. The Morgan fingerprint density at radius 3 is 2.68 bits per heavy atom. The van der Waals surface area contributed by atoms with Crippen molar-refractivity contribution in [3.05, 3.63) is 70.3 Å². The maximum Gasteiger partial charge on any atom is 0.263 e. The molecule has 2 aliphatic rings. The van der Waals surface area contributed by atoms with Gasteiger partial charge in [-0.15, -0.1) is 0 Å². The van der Waals surface area contributed by atoms with Gasteiger partial charge in [-0.05, 0) is 85.4 Å². The molecule has 2 aromatic carbocycles. The number of nitrogens with one attached hydrogen (secondary N) is 1. The lowest BCUT2D eigenvalue weighted by atomic mass is 9.65. The first-order chi connectivity index (χ1) is 19.5. The van der Waals surface area contributed by atoms with Crippen molar-refractivity contribution in [1.29, 1.82) is 0 Å². The Hall–Kier alpha value is -2.35. The van der Waals surface area contributed by atoms with Gasteiger partial charge in [-0.1, -0.05) is 63.9 Å². The zero-order valence-corrected chi connectivity index (χ0v) is 26.6. The molecule has 4 unspecified atom stereocenters. The van der Waals surface area contributed by atoms with Gasteiger partial charge < -0.3 is 14.7 Å².